The molecule has 6 heteroatoms. The lowest BCUT2D eigenvalue weighted by Crippen LogP contribution is -2.15. The van der Waals surface area contributed by atoms with E-state index >= 15 is 0 Å². The maximum absolute atomic E-state index is 5.90. The fourth-order valence-electron chi connectivity index (χ4n) is 1.92. The summed E-state index contributed by atoms with van der Waals surface area (Å²) in [5.41, 5.74) is 4.61. The molecule has 94 valence electrons. The van der Waals surface area contributed by atoms with Crippen molar-refractivity contribution in [3.8, 4) is 0 Å². The first-order valence-electron chi connectivity index (χ1n) is 5.91. The molecule has 0 amide bonds. The summed E-state index contributed by atoms with van der Waals surface area (Å²) in [6, 6.07) is 7.88. The molecule has 0 spiro atoms. The van der Waals surface area contributed by atoms with E-state index in [0.29, 0.717) is 0 Å². The fourth-order valence-corrected chi connectivity index (χ4v) is 3.06. The number of rotatable bonds is 3. The predicted octanol–water partition coefficient (Wildman–Crippen LogP) is 3.23. The number of thioether (sulfide) groups is 1. The molecule has 1 aliphatic heterocycles. The second-order valence-electron chi connectivity index (χ2n) is 4.16. The monoisotopic (exact) mass is 280 g/mol. The van der Waals surface area contributed by atoms with Crippen molar-refractivity contribution in [2.75, 3.05) is 5.43 Å². The molecule has 3 rings (SSSR count). The highest BCUT2D eigenvalue weighted by Crippen LogP contribution is 2.38. The van der Waals surface area contributed by atoms with Crippen molar-refractivity contribution in [3.05, 3.63) is 40.7 Å². The quantitative estimate of drug-likeness (QED) is 0.937. The molecule has 1 N–H and O–H groups in total. The minimum atomic E-state index is 0.184. The van der Waals surface area contributed by atoms with Crippen LogP contribution < -0.4 is 5.43 Å². The summed E-state index contributed by atoms with van der Waals surface area (Å²) in [7, 11) is 0. The van der Waals surface area contributed by atoms with Crippen molar-refractivity contribution >= 4 is 23.4 Å². The Kier molecular flexibility index (Phi) is 3.18. The van der Waals surface area contributed by atoms with Gasteiger partial charge in [0.05, 0.1) is 0 Å². The van der Waals surface area contributed by atoms with E-state index in [0.717, 1.165) is 28.8 Å². The third-order valence-corrected chi connectivity index (χ3v) is 4.16. The van der Waals surface area contributed by atoms with E-state index in [1.807, 2.05) is 28.9 Å². The lowest BCUT2D eigenvalue weighted by atomic mass is 10.2. The number of halogens is 1. The van der Waals surface area contributed by atoms with E-state index < -0.39 is 0 Å². The smallest absolute Gasteiger partial charge is 0.212 e. The molecule has 0 saturated heterocycles. The average molecular weight is 281 g/mol. The lowest BCUT2D eigenvalue weighted by molar-refractivity contribution is 0.714. The number of nitrogens with zero attached hydrogens (tertiary/aromatic N) is 3. The molecule has 18 heavy (non-hydrogen) atoms. The van der Waals surface area contributed by atoms with Gasteiger partial charge in [0.25, 0.3) is 0 Å². The van der Waals surface area contributed by atoms with Crippen LogP contribution in [0.2, 0.25) is 5.02 Å². The molecule has 2 heterocycles. The summed E-state index contributed by atoms with van der Waals surface area (Å²) < 4.78 is 1.99. The summed E-state index contributed by atoms with van der Waals surface area (Å²) >= 11 is 7.58. The minimum absolute atomic E-state index is 0.184. The van der Waals surface area contributed by atoms with Crippen molar-refractivity contribution in [3.63, 3.8) is 0 Å². The highest BCUT2D eigenvalue weighted by atomic mass is 35.5. The molecular weight excluding hydrogens is 268 g/mol. The SMILES string of the molecule is CCCc1nnc2n1NC(c1ccc(Cl)cc1)S2. The van der Waals surface area contributed by atoms with E-state index in [9.17, 15) is 0 Å². The molecule has 0 bridgehead atoms. The topological polar surface area (TPSA) is 42.7 Å². The maximum Gasteiger partial charge on any atom is 0.212 e. The Labute approximate surface area is 115 Å². The standard InChI is InChI=1S/C12H13ClN4S/c1-2-3-10-14-15-12-17(10)16-11(18-12)8-4-6-9(13)7-5-8/h4-7,11,16H,2-3H2,1H3. The molecule has 0 saturated carbocycles. The van der Waals surface area contributed by atoms with Gasteiger partial charge in [-0.25, -0.2) is 4.68 Å². The highest BCUT2D eigenvalue weighted by Gasteiger charge is 2.26. The summed E-state index contributed by atoms with van der Waals surface area (Å²) in [6.07, 6.45) is 2.00. The summed E-state index contributed by atoms with van der Waals surface area (Å²) in [6.45, 7) is 2.14. The van der Waals surface area contributed by atoms with Gasteiger partial charge in [-0.15, -0.1) is 10.2 Å². The Morgan fingerprint density at radius 2 is 2.11 bits per heavy atom. The molecule has 1 unspecified atom stereocenters. The molecule has 2 aromatic rings. The van der Waals surface area contributed by atoms with Gasteiger partial charge in [-0.2, -0.15) is 0 Å². The van der Waals surface area contributed by atoms with E-state index in [4.69, 9.17) is 11.6 Å². The second-order valence-corrected chi connectivity index (χ2v) is 5.67. The Morgan fingerprint density at radius 1 is 1.33 bits per heavy atom. The molecule has 1 aromatic heterocycles. The zero-order valence-corrected chi connectivity index (χ0v) is 11.5. The van der Waals surface area contributed by atoms with Crippen LogP contribution in [0, 0.1) is 0 Å². The van der Waals surface area contributed by atoms with Crippen molar-refractivity contribution in [1.29, 1.82) is 0 Å². The van der Waals surface area contributed by atoms with Crippen LogP contribution in [0.1, 0.15) is 30.1 Å². The van der Waals surface area contributed by atoms with Gasteiger partial charge in [0.2, 0.25) is 5.16 Å². The zero-order valence-electron chi connectivity index (χ0n) is 9.93. The summed E-state index contributed by atoms with van der Waals surface area (Å²) in [5.74, 6) is 0.997. The van der Waals surface area contributed by atoms with Gasteiger partial charge < -0.3 is 5.43 Å². The van der Waals surface area contributed by atoms with Gasteiger partial charge in [0.1, 0.15) is 5.37 Å². The molecule has 1 atom stereocenters. The number of fused-ring (bicyclic) bond motifs is 1. The Hall–Kier alpha value is -1.20. The van der Waals surface area contributed by atoms with Gasteiger partial charge in [-0.05, 0) is 24.1 Å². The highest BCUT2D eigenvalue weighted by molar-refractivity contribution is 7.99. The van der Waals surface area contributed by atoms with Gasteiger partial charge in [-0.1, -0.05) is 42.4 Å². The fraction of sp³-hybridized carbons (Fsp3) is 0.333. The van der Waals surface area contributed by atoms with Crippen molar-refractivity contribution in [2.24, 2.45) is 0 Å². The van der Waals surface area contributed by atoms with Crippen molar-refractivity contribution < 1.29 is 0 Å². The molecule has 1 aliphatic rings. The number of aromatic nitrogens is 3. The molecule has 0 aliphatic carbocycles. The minimum Gasteiger partial charge on any atom is -0.304 e. The lowest BCUT2D eigenvalue weighted by Gasteiger charge is -2.11. The number of nitrogens with one attached hydrogen (secondary N) is 1. The van der Waals surface area contributed by atoms with E-state index in [1.54, 1.807) is 11.8 Å². The van der Waals surface area contributed by atoms with Crippen molar-refractivity contribution in [2.45, 2.75) is 30.3 Å². The number of hydrogen-bond donors (Lipinski definition) is 1. The van der Waals surface area contributed by atoms with Gasteiger partial charge in [0, 0.05) is 11.4 Å². The first-order valence-corrected chi connectivity index (χ1v) is 7.16. The van der Waals surface area contributed by atoms with Crippen LogP contribution in [0.4, 0.5) is 0 Å². The molecule has 1 aromatic carbocycles. The Morgan fingerprint density at radius 3 is 2.83 bits per heavy atom. The van der Waals surface area contributed by atoms with E-state index in [2.05, 4.69) is 22.5 Å². The van der Waals surface area contributed by atoms with Gasteiger partial charge >= 0.3 is 0 Å². The Bertz CT molecular complexity index is 552. The Balaban J connectivity index is 1.82. The zero-order chi connectivity index (χ0) is 12.5. The van der Waals surface area contributed by atoms with Crippen LogP contribution in [0.25, 0.3) is 0 Å². The average Bonchev–Trinajstić information content (AvgIpc) is 2.93. The molecule has 4 nitrogen and oxygen atoms in total. The van der Waals surface area contributed by atoms with Crippen LogP contribution in [-0.4, -0.2) is 14.9 Å². The van der Waals surface area contributed by atoms with E-state index in [1.165, 1.54) is 5.56 Å². The number of benzene rings is 1. The van der Waals surface area contributed by atoms with Crippen molar-refractivity contribution in [1.82, 2.24) is 14.9 Å². The maximum atomic E-state index is 5.90. The number of hydrogen-bond acceptors (Lipinski definition) is 4. The van der Waals surface area contributed by atoms with Gasteiger partial charge in [0.15, 0.2) is 5.82 Å². The largest absolute Gasteiger partial charge is 0.304 e. The normalized spacial score (nSPS) is 17.6. The third kappa shape index (κ3) is 2.08. The molecule has 0 fully saturated rings. The van der Waals surface area contributed by atoms with Crippen LogP contribution in [-0.2, 0) is 6.42 Å². The second kappa shape index (κ2) is 4.82. The van der Waals surface area contributed by atoms with Crippen LogP contribution >= 0.6 is 23.4 Å². The first-order chi connectivity index (χ1) is 8.78. The first kappa shape index (κ1) is 11.9. The summed E-state index contributed by atoms with van der Waals surface area (Å²) in [5, 5.41) is 10.2. The predicted molar refractivity (Wildman–Crippen MR) is 73.4 cm³/mol. The van der Waals surface area contributed by atoms with E-state index in [-0.39, 0.29) is 5.37 Å². The molecule has 0 radical (unpaired) electrons. The summed E-state index contributed by atoms with van der Waals surface area (Å²) in [4.78, 5) is 0. The van der Waals surface area contributed by atoms with Crippen LogP contribution in [0.5, 0.6) is 0 Å². The molecular formula is C12H13ClN4S. The van der Waals surface area contributed by atoms with Gasteiger partial charge in [-0.3, -0.25) is 0 Å². The van der Waals surface area contributed by atoms with Crippen LogP contribution in [0.3, 0.4) is 0 Å². The third-order valence-electron chi connectivity index (χ3n) is 2.82. The number of aryl methyl sites for hydroxylation is 1. The van der Waals surface area contributed by atoms with Crippen LogP contribution in [0.15, 0.2) is 29.4 Å².